The number of thiophene rings is 1. The number of nitrogens with zero attached hydrogens (tertiary/aromatic N) is 2. The van der Waals surface area contributed by atoms with Crippen LogP contribution in [0.15, 0.2) is 199 Å². The Kier molecular flexibility index (Phi) is 7.35. The highest BCUT2D eigenvalue weighted by molar-refractivity contribution is 7.26. The normalized spacial score (nSPS) is 11.6. The standard InChI is InChI=1S/C51H32N2OS/c1-4-12-33(13-5-1)41-18-10-20-43-44-21-11-19-42(50(44)55-49(41)43)34-24-28-39(29-25-34)53(38-16-8-3-9-17-38)40-30-26-35-22-23-36-27-31-46-48(47(36)45(35)32-40)54-51(52-46)37-14-6-2-7-15-37/h1-32H. The fraction of sp³-hybridized carbons (Fsp3) is 0. The van der Waals surface area contributed by atoms with Crippen molar-refractivity contribution in [2.45, 2.75) is 0 Å². The quantitative estimate of drug-likeness (QED) is 0.160. The van der Waals surface area contributed by atoms with Crippen LogP contribution in [-0.4, -0.2) is 4.98 Å². The van der Waals surface area contributed by atoms with Crippen molar-refractivity contribution in [3.63, 3.8) is 0 Å². The van der Waals surface area contributed by atoms with E-state index in [1.165, 1.54) is 42.4 Å². The van der Waals surface area contributed by atoms with Crippen LogP contribution in [0.25, 0.3) is 86.5 Å². The largest absolute Gasteiger partial charge is 0.435 e. The molecule has 3 nitrogen and oxygen atoms in total. The Bertz CT molecular complexity index is 3190. The number of para-hydroxylation sites is 1. The first-order chi connectivity index (χ1) is 27.3. The summed E-state index contributed by atoms with van der Waals surface area (Å²) in [6, 6.07) is 69.2. The van der Waals surface area contributed by atoms with Crippen LogP contribution >= 0.6 is 11.3 Å². The first-order valence-corrected chi connectivity index (χ1v) is 19.4. The van der Waals surface area contributed by atoms with Crippen LogP contribution in [0.3, 0.4) is 0 Å². The number of anilines is 3. The Balaban J connectivity index is 1.04. The molecule has 0 atom stereocenters. The van der Waals surface area contributed by atoms with Crippen LogP contribution in [-0.2, 0) is 0 Å². The summed E-state index contributed by atoms with van der Waals surface area (Å²) < 4.78 is 9.19. The second-order valence-corrected chi connectivity index (χ2v) is 14.9. The fourth-order valence-electron chi connectivity index (χ4n) is 8.06. The van der Waals surface area contributed by atoms with Crippen LogP contribution in [0.5, 0.6) is 0 Å². The molecule has 55 heavy (non-hydrogen) atoms. The van der Waals surface area contributed by atoms with Crippen molar-refractivity contribution in [2.75, 3.05) is 4.90 Å². The molecule has 0 aliphatic heterocycles. The van der Waals surface area contributed by atoms with Gasteiger partial charge in [-0.25, -0.2) is 4.98 Å². The Morgan fingerprint density at radius 1 is 0.418 bits per heavy atom. The highest BCUT2D eigenvalue weighted by Crippen LogP contribution is 2.45. The molecule has 0 fully saturated rings. The third-order valence-electron chi connectivity index (χ3n) is 10.7. The highest BCUT2D eigenvalue weighted by atomic mass is 32.1. The van der Waals surface area contributed by atoms with Gasteiger partial charge >= 0.3 is 0 Å². The molecule has 0 N–H and O–H groups in total. The molecule has 0 spiro atoms. The Hall–Kier alpha value is -7.01. The third kappa shape index (κ3) is 5.30. The summed E-state index contributed by atoms with van der Waals surface area (Å²) in [5.41, 5.74) is 10.8. The van der Waals surface area contributed by atoms with Crippen LogP contribution < -0.4 is 4.90 Å². The SMILES string of the molecule is c1ccc(-c2nc3ccc4ccc5ccc(N(c6ccccc6)c6ccc(-c7cccc8c7sc7c(-c9ccccc9)cccc78)cc6)cc5c4c3o2)cc1. The lowest BCUT2D eigenvalue weighted by Crippen LogP contribution is -2.09. The number of oxazole rings is 1. The number of aromatic nitrogens is 1. The molecule has 0 saturated heterocycles. The molecule has 11 rings (SSSR count). The number of rotatable bonds is 6. The molecule has 0 aliphatic carbocycles. The first kappa shape index (κ1) is 31.5. The zero-order valence-electron chi connectivity index (χ0n) is 29.7. The van der Waals surface area contributed by atoms with Gasteiger partial charge in [-0.2, -0.15) is 0 Å². The summed E-state index contributed by atoms with van der Waals surface area (Å²) >= 11 is 1.89. The van der Waals surface area contributed by atoms with Crippen molar-refractivity contribution < 1.29 is 4.42 Å². The lowest BCUT2D eigenvalue weighted by atomic mass is 9.99. The Labute approximate surface area is 322 Å². The molecule has 258 valence electrons. The minimum absolute atomic E-state index is 0.630. The maximum absolute atomic E-state index is 6.56. The molecular formula is C51H32N2OS. The van der Waals surface area contributed by atoms with Gasteiger partial charge in [0.2, 0.25) is 5.89 Å². The number of hydrogen-bond donors (Lipinski definition) is 0. The predicted molar refractivity (Wildman–Crippen MR) is 233 cm³/mol. The van der Waals surface area contributed by atoms with Crippen molar-refractivity contribution in [2.24, 2.45) is 0 Å². The molecule has 11 aromatic rings. The topological polar surface area (TPSA) is 29.3 Å². The molecule has 0 saturated carbocycles. The van der Waals surface area contributed by atoms with Crippen molar-refractivity contribution >= 4 is 81.2 Å². The van der Waals surface area contributed by atoms with Gasteiger partial charge in [0.1, 0.15) is 5.52 Å². The maximum Gasteiger partial charge on any atom is 0.227 e. The third-order valence-corrected chi connectivity index (χ3v) is 12.0. The Morgan fingerprint density at radius 2 is 0.964 bits per heavy atom. The first-order valence-electron chi connectivity index (χ1n) is 18.5. The average Bonchev–Trinajstić information content (AvgIpc) is 3.87. The molecule has 9 aromatic carbocycles. The molecule has 0 aliphatic rings. The molecule has 2 aromatic heterocycles. The van der Waals surface area contributed by atoms with Gasteiger partial charge < -0.3 is 9.32 Å². The number of hydrogen-bond acceptors (Lipinski definition) is 4. The molecule has 0 bridgehead atoms. The van der Waals surface area contributed by atoms with Crippen LogP contribution in [0, 0.1) is 0 Å². The van der Waals surface area contributed by atoms with E-state index in [1.54, 1.807) is 0 Å². The van der Waals surface area contributed by atoms with E-state index in [4.69, 9.17) is 9.40 Å². The lowest BCUT2D eigenvalue weighted by molar-refractivity contribution is 0.623. The van der Waals surface area contributed by atoms with E-state index >= 15 is 0 Å². The molecule has 0 radical (unpaired) electrons. The van der Waals surface area contributed by atoms with Gasteiger partial charge in [-0.05, 0) is 93.0 Å². The lowest BCUT2D eigenvalue weighted by Gasteiger charge is -2.26. The number of benzene rings is 9. The van der Waals surface area contributed by atoms with Crippen LogP contribution in [0.2, 0.25) is 0 Å². The van der Waals surface area contributed by atoms with Crippen molar-refractivity contribution in [3.05, 3.63) is 194 Å². The van der Waals surface area contributed by atoms with E-state index < -0.39 is 0 Å². The predicted octanol–water partition coefficient (Wildman–Crippen LogP) is 15.0. The zero-order chi connectivity index (χ0) is 36.3. The number of fused-ring (bicyclic) bond motifs is 8. The maximum atomic E-state index is 6.56. The van der Waals surface area contributed by atoms with Crippen LogP contribution in [0.1, 0.15) is 0 Å². The molecular weight excluding hydrogens is 689 g/mol. The zero-order valence-corrected chi connectivity index (χ0v) is 30.5. The summed E-state index contributed by atoms with van der Waals surface area (Å²) in [7, 11) is 0. The summed E-state index contributed by atoms with van der Waals surface area (Å²) in [6.07, 6.45) is 0. The van der Waals surface area contributed by atoms with Gasteiger partial charge in [0.25, 0.3) is 0 Å². The minimum atomic E-state index is 0.630. The second-order valence-electron chi connectivity index (χ2n) is 13.9. The van der Waals surface area contributed by atoms with E-state index in [-0.39, 0.29) is 0 Å². The van der Waals surface area contributed by atoms with E-state index in [9.17, 15) is 0 Å². The van der Waals surface area contributed by atoms with Gasteiger partial charge in [0, 0.05) is 48.2 Å². The van der Waals surface area contributed by atoms with Crippen molar-refractivity contribution in [1.82, 2.24) is 4.98 Å². The van der Waals surface area contributed by atoms with Gasteiger partial charge in [-0.3, -0.25) is 0 Å². The monoisotopic (exact) mass is 720 g/mol. The summed E-state index contributed by atoms with van der Waals surface area (Å²) in [5, 5.41) is 7.07. The molecule has 4 heteroatoms. The second kappa shape index (κ2) is 12.8. The van der Waals surface area contributed by atoms with E-state index in [1.807, 2.05) is 41.7 Å². The fourth-order valence-corrected chi connectivity index (χ4v) is 9.43. The minimum Gasteiger partial charge on any atom is -0.435 e. The van der Waals surface area contributed by atoms with Gasteiger partial charge in [0.15, 0.2) is 5.58 Å². The van der Waals surface area contributed by atoms with E-state index in [2.05, 4.69) is 169 Å². The van der Waals surface area contributed by atoms with Crippen molar-refractivity contribution in [1.29, 1.82) is 0 Å². The molecule has 2 heterocycles. The van der Waals surface area contributed by atoms with Crippen LogP contribution in [0.4, 0.5) is 17.1 Å². The van der Waals surface area contributed by atoms with E-state index in [0.29, 0.717) is 5.89 Å². The van der Waals surface area contributed by atoms with Gasteiger partial charge in [-0.15, -0.1) is 11.3 Å². The molecule has 0 amide bonds. The van der Waals surface area contributed by atoms with Crippen molar-refractivity contribution in [3.8, 4) is 33.7 Å². The highest BCUT2D eigenvalue weighted by Gasteiger charge is 2.18. The summed E-state index contributed by atoms with van der Waals surface area (Å²) in [6.45, 7) is 0. The van der Waals surface area contributed by atoms with E-state index in [0.717, 1.165) is 55.3 Å². The average molecular weight is 721 g/mol. The summed E-state index contributed by atoms with van der Waals surface area (Å²) in [5.74, 6) is 0.630. The smallest absolute Gasteiger partial charge is 0.227 e. The van der Waals surface area contributed by atoms with Gasteiger partial charge in [0.05, 0.1) is 0 Å². The molecule has 0 unspecified atom stereocenters. The van der Waals surface area contributed by atoms with Gasteiger partial charge in [-0.1, -0.05) is 140 Å². The Morgan fingerprint density at radius 3 is 1.65 bits per heavy atom. The summed E-state index contributed by atoms with van der Waals surface area (Å²) in [4.78, 5) is 7.24.